The average molecular weight is 190 g/mol. The van der Waals surface area contributed by atoms with E-state index in [1.165, 1.54) is 0 Å². The van der Waals surface area contributed by atoms with Crippen molar-refractivity contribution in [1.29, 1.82) is 0 Å². The summed E-state index contributed by atoms with van der Waals surface area (Å²) in [6.45, 7) is 0. The van der Waals surface area contributed by atoms with E-state index in [0.717, 1.165) is 0 Å². The zero-order chi connectivity index (χ0) is 4.50. The molecule has 0 unspecified atom stereocenters. The SMILES string of the molecule is O.O[Si](O)(O)O.[Ca+2].[F-].[OH-]. The first kappa shape index (κ1) is 32.0. The van der Waals surface area contributed by atoms with Crippen molar-refractivity contribution < 1.29 is 34.8 Å². The molecule has 7 N–H and O–H groups in total. The molecule has 0 aliphatic rings. The van der Waals surface area contributed by atoms with E-state index in [1.54, 1.807) is 0 Å². The third kappa shape index (κ3) is 346. The maximum absolute atomic E-state index is 7.33. The number of hydrogen-bond donors (Lipinski definition) is 4. The number of rotatable bonds is 0. The Bertz CT molecular complexity index is 28.5. The van der Waals surface area contributed by atoms with Crippen LogP contribution in [0.15, 0.2) is 0 Å². The van der Waals surface area contributed by atoms with Crippen LogP contribution >= 0.6 is 0 Å². The fourth-order valence-electron chi connectivity index (χ4n) is 0. The Labute approximate surface area is 81.2 Å². The summed E-state index contributed by atoms with van der Waals surface area (Å²) < 4.78 is 0. The van der Waals surface area contributed by atoms with Crippen molar-refractivity contribution in [3.63, 3.8) is 0 Å². The predicted molar refractivity (Wildman–Crippen MR) is 25.9 cm³/mol. The summed E-state index contributed by atoms with van der Waals surface area (Å²) in [4.78, 5) is 29.3. The van der Waals surface area contributed by atoms with Crippen LogP contribution in [0.5, 0.6) is 0 Å². The van der Waals surface area contributed by atoms with E-state index in [2.05, 4.69) is 0 Å². The fraction of sp³-hybridized carbons (Fsp3) is 0. The predicted octanol–water partition coefficient (Wildman–Crippen LogP) is -6.99. The second-order valence-electron chi connectivity index (χ2n) is 0.600. The average Bonchev–Trinajstić information content (AvgIpc) is 0.722. The van der Waals surface area contributed by atoms with Crippen LogP contribution in [0.4, 0.5) is 0 Å². The molecule has 6 nitrogen and oxygen atoms in total. The Morgan fingerprint density at radius 2 is 0.889 bits per heavy atom. The van der Waals surface area contributed by atoms with Crippen LogP contribution in [0.3, 0.4) is 0 Å². The first-order valence-electron chi connectivity index (χ1n) is 0.894. The Morgan fingerprint density at radius 3 is 0.889 bits per heavy atom. The summed E-state index contributed by atoms with van der Waals surface area (Å²) in [6, 6.07) is 0. The van der Waals surface area contributed by atoms with Crippen LogP contribution in [0.25, 0.3) is 0 Å². The van der Waals surface area contributed by atoms with Crippen molar-refractivity contribution in [2.24, 2.45) is 0 Å². The molecule has 0 fully saturated rings. The summed E-state index contributed by atoms with van der Waals surface area (Å²) in [5.74, 6) is 0. The quantitative estimate of drug-likeness (QED) is 0.281. The maximum atomic E-state index is 7.33. The van der Waals surface area contributed by atoms with Gasteiger partial charge in [-0.3, -0.25) is 0 Å². The minimum Gasteiger partial charge on any atom is -1.00 e. The van der Waals surface area contributed by atoms with Gasteiger partial charge < -0.3 is 34.8 Å². The number of hydrogen-bond acceptors (Lipinski definition) is 5. The zero-order valence-electron chi connectivity index (χ0n) is 4.32. The molecule has 0 spiro atoms. The van der Waals surface area contributed by atoms with Gasteiger partial charge >= 0.3 is 46.8 Å². The summed E-state index contributed by atoms with van der Waals surface area (Å²) >= 11 is 0. The van der Waals surface area contributed by atoms with E-state index in [0.29, 0.717) is 0 Å². The van der Waals surface area contributed by atoms with Crippen LogP contribution in [0.1, 0.15) is 0 Å². The summed E-state index contributed by atoms with van der Waals surface area (Å²) in [5.41, 5.74) is 0. The molecule has 0 rings (SSSR count). The van der Waals surface area contributed by atoms with Gasteiger partial charge in [0.15, 0.2) is 0 Å². The Hall–Kier alpha value is 1.17. The van der Waals surface area contributed by atoms with Crippen molar-refractivity contribution >= 4 is 46.8 Å². The van der Waals surface area contributed by atoms with Gasteiger partial charge in [0.05, 0.1) is 0 Å². The molecule has 0 aromatic carbocycles. The van der Waals surface area contributed by atoms with Crippen molar-refractivity contribution in [2.45, 2.75) is 0 Å². The largest absolute Gasteiger partial charge is 2.00 e. The topological polar surface area (TPSA) is 142 Å². The maximum Gasteiger partial charge on any atom is 2.00 e. The van der Waals surface area contributed by atoms with Gasteiger partial charge in [-0.15, -0.1) is 0 Å². The molecule has 0 saturated carbocycles. The molecule has 56 valence electrons. The monoisotopic (exact) mass is 190 g/mol. The smallest absolute Gasteiger partial charge is 1.00 e. The molecule has 0 aliphatic carbocycles. The van der Waals surface area contributed by atoms with Crippen molar-refractivity contribution in [1.82, 2.24) is 0 Å². The molecule has 0 radical (unpaired) electrons. The Kier molecular flexibility index (Phi) is 42.3. The van der Waals surface area contributed by atoms with Gasteiger partial charge in [-0.2, -0.15) is 0 Å². The van der Waals surface area contributed by atoms with E-state index < -0.39 is 9.05 Å². The van der Waals surface area contributed by atoms with Crippen LogP contribution in [-0.4, -0.2) is 76.9 Å². The van der Waals surface area contributed by atoms with Crippen LogP contribution < -0.4 is 4.70 Å². The van der Waals surface area contributed by atoms with E-state index in [9.17, 15) is 0 Å². The zero-order valence-corrected chi connectivity index (χ0v) is 7.53. The molecular formula is H7CaFO6Si. The van der Waals surface area contributed by atoms with E-state index in [-0.39, 0.29) is 53.4 Å². The Balaban J connectivity index is -0.0000000133. The fourth-order valence-corrected chi connectivity index (χ4v) is 0. The Morgan fingerprint density at radius 1 is 0.889 bits per heavy atom. The van der Waals surface area contributed by atoms with Crippen molar-refractivity contribution in [2.75, 3.05) is 0 Å². The minimum atomic E-state index is -4.61. The van der Waals surface area contributed by atoms with Gasteiger partial charge in [-0.05, 0) is 0 Å². The van der Waals surface area contributed by atoms with E-state index in [4.69, 9.17) is 19.2 Å². The molecule has 0 bridgehead atoms. The second kappa shape index (κ2) is 11.9. The molecular weight excluding hydrogens is 183 g/mol. The van der Waals surface area contributed by atoms with Gasteiger partial charge in [0.2, 0.25) is 0 Å². The van der Waals surface area contributed by atoms with Crippen molar-refractivity contribution in [3.05, 3.63) is 0 Å². The van der Waals surface area contributed by atoms with Gasteiger partial charge in [-0.1, -0.05) is 0 Å². The minimum absolute atomic E-state index is 0. The first-order valence-corrected chi connectivity index (χ1v) is 2.68. The molecule has 9 heavy (non-hydrogen) atoms. The molecule has 0 heterocycles. The normalized spacial score (nSPS) is 6.67. The second-order valence-corrected chi connectivity index (χ2v) is 1.80. The third-order valence-electron chi connectivity index (χ3n) is 0. The summed E-state index contributed by atoms with van der Waals surface area (Å²) in [5, 5.41) is 0. The molecule has 0 aromatic heterocycles. The van der Waals surface area contributed by atoms with E-state index in [1.807, 2.05) is 0 Å². The van der Waals surface area contributed by atoms with Crippen LogP contribution in [-0.2, 0) is 0 Å². The third-order valence-corrected chi connectivity index (χ3v) is 0. The van der Waals surface area contributed by atoms with Gasteiger partial charge in [0.1, 0.15) is 0 Å². The molecule has 0 saturated heterocycles. The van der Waals surface area contributed by atoms with Gasteiger partial charge in [0.25, 0.3) is 0 Å². The summed E-state index contributed by atoms with van der Waals surface area (Å²) in [7, 11) is -4.61. The number of halogens is 1. The van der Waals surface area contributed by atoms with Gasteiger partial charge in [-0.25, -0.2) is 0 Å². The van der Waals surface area contributed by atoms with Crippen molar-refractivity contribution in [3.8, 4) is 0 Å². The van der Waals surface area contributed by atoms with Gasteiger partial charge in [0, 0.05) is 0 Å². The molecule has 0 amide bonds. The van der Waals surface area contributed by atoms with Crippen LogP contribution in [0, 0.1) is 0 Å². The molecule has 0 aromatic rings. The molecule has 0 aliphatic heterocycles. The summed E-state index contributed by atoms with van der Waals surface area (Å²) in [6.07, 6.45) is 0. The first-order chi connectivity index (χ1) is 2.00. The van der Waals surface area contributed by atoms with Crippen LogP contribution in [0.2, 0.25) is 0 Å². The standard InChI is InChI=1S/Ca.FH.H4O4Si.2H2O/c;;1-5(2,3)4;;/h;1H;1-4H;2*1H2/q+2;;;;/p-2. The molecule has 0 atom stereocenters. The molecule has 9 heteroatoms. The van der Waals surface area contributed by atoms with E-state index >= 15 is 0 Å².